The minimum atomic E-state index is -0.776. The SMILES string of the molecule is CCCCOCCOCC(=O)NCCCCC(NC(=O)NC(CCC(C)=O)C(C)=O)C(C)=O. The summed E-state index contributed by atoms with van der Waals surface area (Å²) in [5, 5.41) is 7.86. The summed E-state index contributed by atoms with van der Waals surface area (Å²) in [5.41, 5.74) is 0. The van der Waals surface area contributed by atoms with Crippen molar-refractivity contribution in [3.63, 3.8) is 0 Å². The van der Waals surface area contributed by atoms with Crippen LogP contribution < -0.4 is 16.0 Å². The molecular weight excluding hydrogens is 430 g/mol. The van der Waals surface area contributed by atoms with Gasteiger partial charge in [0.2, 0.25) is 5.91 Å². The maximum Gasteiger partial charge on any atom is 0.315 e. The minimum Gasteiger partial charge on any atom is -0.379 e. The molecule has 0 aliphatic heterocycles. The van der Waals surface area contributed by atoms with Crippen molar-refractivity contribution in [2.75, 3.05) is 33.0 Å². The molecule has 10 nitrogen and oxygen atoms in total. The predicted octanol–water partition coefficient (Wildman–Crippen LogP) is 1.69. The maximum absolute atomic E-state index is 12.2. The third kappa shape index (κ3) is 17.9. The number of urea groups is 1. The quantitative estimate of drug-likeness (QED) is 0.230. The molecule has 3 amide bonds. The molecule has 190 valence electrons. The number of hydrogen-bond donors (Lipinski definition) is 3. The highest BCUT2D eigenvalue weighted by atomic mass is 16.5. The van der Waals surface area contributed by atoms with Crippen LogP contribution >= 0.6 is 0 Å². The van der Waals surface area contributed by atoms with E-state index < -0.39 is 18.1 Å². The molecule has 0 bridgehead atoms. The van der Waals surface area contributed by atoms with Crippen molar-refractivity contribution in [1.29, 1.82) is 0 Å². The maximum atomic E-state index is 12.2. The van der Waals surface area contributed by atoms with Crippen LogP contribution in [0.5, 0.6) is 0 Å². The first-order chi connectivity index (χ1) is 15.7. The molecular formula is C23H41N3O7. The topological polar surface area (TPSA) is 140 Å². The molecule has 2 atom stereocenters. The fourth-order valence-electron chi connectivity index (χ4n) is 2.84. The van der Waals surface area contributed by atoms with Crippen LogP contribution in [0.1, 0.15) is 72.6 Å². The molecule has 0 aromatic heterocycles. The van der Waals surface area contributed by atoms with Gasteiger partial charge in [0, 0.05) is 19.6 Å². The van der Waals surface area contributed by atoms with Crippen LogP contribution in [0.15, 0.2) is 0 Å². The Hall–Kier alpha value is -2.33. The number of nitrogens with one attached hydrogen (secondary N) is 3. The summed E-state index contributed by atoms with van der Waals surface area (Å²) in [4.78, 5) is 58.6. The lowest BCUT2D eigenvalue weighted by molar-refractivity contribution is -0.126. The lowest BCUT2D eigenvalue weighted by Gasteiger charge is -2.20. The van der Waals surface area contributed by atoms with Gasteiger partial charge in [-0.3, -0.25) is 14.4 Å². The van der Waals surface area contributed by atoms with E-state index >= 15 is 0 Å². The number of carbonyl (C=O) groups is 5. The Labute approximate surface area is 196 Å². The molecule has 2 unspecified atom stereocenters. The predicted molar refractivity (Wildman–Crippen MR) is 124 cm³/mol. The third-order valence-corrected chi connectivity index (χ3v) is 4.87. The Morgan fingerprint density at radius 3 is 1.94 bits per heavy atom. The summed E-state index contributed by atoms with van der Waals surface area (Å²) >= 11 is 0. The van der Waals surface area contributed by atoms with Gasteiger partial charge in [-0.1, -0.05) is 13.3 Å². The van der Waals surface area contributed by atoms with Crippen molar-refractivity contribution in [2.24, 2.45) is 0 Å². The smallest absolute Gasteiger partial charge is 0.315 e. The molecule has 0 radical (unpaired) electrons. The van der Waals surface area contributed by atoms with E-state index in [2.05, 4.69) is 22.9 Å². The molecule has 0 saturated carbocycles. The third-order valence-electron chi connectivity index (χ3n) is 4.87. The number of Topliss-reactive ketones (excluding diaryl/α,β-unsaturated/α-hetero) is 3. The van der Waals surface area contributed by atoms with Gasteiger partial charge in [-0.05, 0) is 52.9 Å². The fourth-order valence-corrected chi connectivity index (χ4v) is 2.84. The fraction of sp³-hybridized carbons (Fsp3) is 0.783. The molecule has 33 heavy (non-hydrogen) atoms. The number of ether oxygens (including phenoxy) is 2. The van der Waals surface area contributed by atoms with Gasteiger partial charge in [0.1, 0.15) is 12.4 Å². The first-order valence-corrected chi connectivity index (χ1v) is 11.7. The summed E-state index contributed by atoms with van der Waals surface area (Å²) < 4.78 is 10.6. The van der Waals surface area contributed by atoms with Gasteiger partial charge < -0.3 is 30.2 Å². The minimum absolute atomic E-state index is 0.0319. The van der Waals surface area contributed by atoms with Gasteiger partial charge in [0.05, 0.1) is 25.3 Å². The van der Waals surface area contributed by atoms with Crippen molar-refractivity contribution >= 4 is 29.3 Å². The van der Waals surface area contributed by atoms with Crippen LogP contribution in [-0.4, -0.2) is 74.3 Å². The second-order valence-corrected chi connectivity index (χ2v) is 8.05. The lowest BCUT2D eigenvalue weighted by Crippen LogP contribution is -2.50. The summed E-state index contributed by atoms with van der Waals surface area (Å²) in [7, 11) is 0. The Morgan fingerprint density at radius 2 is 1.36 bits per heavy atom. The summed E-state index contributed by atoms with van der Waals surface area (Å²) in [5.74, 6) is -0.744. The molecule has 0 fully saturated rings. The molecule has 10 heteroatoms. The summed E-state index contributed by atoms with van der Waals surface area (Å²) in [6.07, 6.45) is 4.13. The van der Waals surface area contributed by atoms with Crippen LogP contribution in [0.3, 0.4) is 0 Å². The van der Waals surface area contributed by atoms with Gasteiger partial charge in [-0.2, -0.15) is 0 Å². The number of ketones is 3. The van der Waals surface area contributed by atoms with Gasteiger partial charge >= 0.3 is 6.03 Å². The molecule has 0 aromatic carbocycles. The van der Waals surface area contributed by atoms with Gasteiger partial charge in [0.25, 0.3) is 0 Å². The highest BCUT2D eigenvalue weighted by Gasteiger charge is 2.21. The average molecular weight is 472 g/mol. The van der Waals surface area contributed by atoms with Gasteiger partial charge in [-0.15, -0.1) is 0 Å². The van der Waals surface area contributed by atoms with E-state index in [1.54, 1.807) is 0 Å². The Morgan fingerprint density at radius 1 is 0.758 bits per heavy atom. The number of rotatable bonds is 20. The van der Waals surface area contributed by atoms with E-state index in [1.165, 1.54) is 20.8 Å². The van der Waals surface area contributed by atoms with Crippen LogP contribution in [0.4, 0.5) is 4.79 Å². The molecule has 0 saturated heterocycles. The average Bonchev–Trinajstić information content (AvgIpc) is 2.74. The standard InChI is InChI=1S/C23H41N3O7/c1-5-6-13-32-14-15-33-16-22(30)24-12-8-7-9-20(18(3)28)25-23(31)26-21(19(4)29)11-10-17(2)27/h20-21H,5-16H2,1-4H3,(H,24,30)(H2,25,26,31). The van der Waals surface area contributed by atoms with E-state index in [1.807, 2.05) is 0 Å². The van der Waals surface area contributed by atoms with Crippen molar-refractivity contribution in [3.8, 4) is 0 Å². The molecule has 0 aliphatic rings. The largest absolute Gasteiger partial charge is 0.379 e. The van der Waals surface area contributed by atoms with E-state index in [-0.39, 0.29) is 42.7 Å². The molecule has 0 heterocycles. The van der Waals surface area contributed by atoms with E-state index in [9.17, 15) is 24.0 Å². The van der Waals surface area contributed by atoms with Crippen molar-refractivity contribution in [1.82, 2.24) is 16.0 Å². The molecule has 0 spiro atoms. The number of unbranched alkanes of at least 4 members (excludes halogenated alkanes) is 2. The molecule has 0 aliphatic carbocycles. The number of hydrogen-bond acceptors (Lipinski definition) is 7. The zero-order chi connectivity index (χ0) is 25.1. The second kappa shape index (κ2) is 19.2. The number of carbonyl (C=O) groups excluding carboxylic acids is 5. The zero-order valence-corrected chi connectivity index (χ0v) is 20.5. The van der Waals surface area contributed by atoms with Crippen molar-refractivity contribution in [2.45, 2.75) is 84.7 Å². The van der Waals surface area contributed by atoms with E-state index in [4.69, 9.17) is 9.47 Å². The van der Waals surface area contributed by atoms with Crippen molar-refractivity contribution < 1.29 is 33.4 Å². The summed E-state index contributed by atoms with van der Waals surface area (Å²) in [6.45, 7) is 8.16. The molecule has 0 rings (SSSR count). The monoisotopic (exact) mass is 471 g/mol. The Bertz CT molecular complexity index is 625. The highest BCUT2D eigenvalue weighted by molar-refractivity contribution is 5.90. The molecule has 0 aromatic rings. The van der Waals surface area contributed by atoms with Crippen LogP contribution in [-0.2, 0) is 28.7 Å². The summed E-state index contributed by atoms with van der Waals surface area (Å²) in [6, 6.07) is -2.10. The number of amides is 3. The van der Waals surface area contributed by atoms with Crippen molar-refractivity contribution in [3.05, 3.63) is 0 Å². The van der Waals surface area contributed by atoms with Crippen LogP contribution in [0, 0.1) is 0 Å². The lowest BCUT2D eigenvalue weighted by atomic mass is 10.1. The Balaban J connectivity index is 4.10. The highest BCUT2D eigenvalue weighted by Crippen LogP contribution is 2.04. The zero-order valence-electron chi connectivity index (χ0n) is 20.5. The van der Waals surface area contributed by atoms with E-state index in [0.29, 0.717) is 45.6 Å². The van der Waals surface area contributed by atoms with Gasteiger partial charge in [-0.25, -0.2) is 4.79 Å². The second-order valence-electron chi connectivity index (χ2n) is 8.05. The first kappa shape index (κ1) is 30.7. The van der Waals surface area contributed by atoms with Crippen LogP contribution in [0.25, 0.3) is 0 Å². The van der Waals surface area contributed by atoms with Crippen LogP contribution in [0.2, 0.25) is 0 Å². The normalized spacial score (nSPS) is 12.5. The Kier molecular flexibility index (Phi) is 17.8. The van der Waals surface area contributed by atoms with E-state index in [0.717, 1.165) is 12.8 Å². The van der Waals surface area contributed by atoms with Gasteiger partial charge in [0.15, 0.2) is 11.6 Å². The molecule has 3 N–H and O–H groups in total. The first-order valence-electron chi connectivity index (χ1n) is 11.7.